The van der Waals surface area contributed by atoms with Crippen molar-refractivity contribution >= 4 is 45.5 Å². The van der Waals surface area contributed by atoms with Gasteiger partial charge >= 0.3 is 0 Å². The summed E-state index contributed by atoms with van der Waals surface area (Å²) in [5.41, 5.74) is 16.1. The molecule has 236 valence electrons. The standard InChI is InChI=1S/C46H35NOS/c1-3-4-5-11-34-27-35-20-21-36(29-41(35)39-13-7-6-12-37(34)39)38-23-22-33(32-19-18-30(2)31(26-32)24-25-47)28-42(38)40-14-10-17-45-46(40)48-43-15-8-9-16-44(43)49-45/h3-29H,47H2,1-2H3/b4-3-,11-5-,25-24-. The molecule has 0 bridgehead atoms. The molecule has 0 aliphatic carbocycles. The monoisotopic (exact) mass is 649 g/mol. The Balaban J connectivity index is 1.34. The average molecular weight is 650 g/mol. The summed E-state index contributed by atoms with van der Waals surface area (Å²) in [5.74, 6) is 1.78. The first-order valence-corrected chi connectivity index (χ1v) is 17.4. The maximum absolute atomic E-state index is 6.69. The number of hydrogen-bond donors (Lipinski definition) is 1. The molecule has 3 heteroatoms. The normalized spacial score (nSPS) is 12.6. The highest BCUT2D eigenvalue weighted by atomic mass is 32.2. The summed E-state index contributed by atoms with van der Waals surface area (Å²) in [5, 5.41) is 4.94. The van der Waals surface area contributed by atoms with Gasteiger partial charge in [-0.2, -0.15) is 0 Å². The number of hydrogen-bond acceptors (Lipinski definition) is 3. The summed E-state index contributed by atoms with van der Waals surface area (Å²) in [4.78, 5) is 2.24. The van der Waals surface area contributed by atoms with E-state index in [1.807, 2.05) is 19.1 Å². The maximum atomic E-state index is 6.69. The molecule has 0 spiro atoms. The van der Waals surface area contributed by atoms with Gasteiger partial charge in [0, 0.05) is 5.56 Å². The van der Waals surface area contributed by atoms with Crippen LogP contribution in [0.25, 0.3) is 67.1 Å². The largest absolute Gasteiger partial charge is 0.454 e. The minimum atomic E-state index is 0.887. The molecule has 1 aliphatic rings. The Morgan fingerprint density at radius 1 is 0.571 bits per heavy atom. The number of para-hydroxylation sites is 2. The lowest BCUT2D eigenvalue weighted by atomic mass is 9.88. The van der Waals surface area contributed by atoms with Gasteiger partial charge in [0.05, 0.1) is 9.79 Å². The molecule has 1 heterocycles. The number of benzene rings is 7. The number of nitrogens with two attached hydrogens (primary N) is 1. The van der Waals surface area contributed by atoms with Gasteiger partial charge in [0.25, 0.3) is 0 Å². The van der Waals surface area contributed by atoms with Crippen LogP contribution in [-0.4, -0.2) is 0 Å². The van der Waals surface area contributed by atoms with Crippen LogP contribution in [0.15, 0.2) is 162 Å². The highest BCUT2D eigenvalue weighted by Gasteiger charge is 2.23. The molecule has 0 radical (unpaired) electrons. The van der Waals surface area contributed by atoms with E-state index >= 15 is 0 Å². The van der Waals surface area contributed by atoms with Crippen molar-refractivity contribution in [3.8, 4) is 44.9 Å². The van der Waals surface area contributed by atoms with E-state index in [0.717, 1.165) is 60.2 Å². The van der Waals surface area contributed by atoms with Gasteiger partial charge in [-0.15, -0.1) is 0 Å². The lowest BCUT2D eigenvalue weighted by Gasteiger charge is -2.23. The summed E-state index contributed by atoms with van der Waals surface area (Å²) >= 11 is 1.76. The molecule has 7 aromatic rings. The predicted molar refractivity (Wildman–Crippen MR) is 210 cm³/mol. The van der Waals surface area contributed by atoms with E-state index in [4.69, 9.17) is 10.5 Å². The van der Waals surface area contributed by atoms with Crippen LogP contribution in [0, 0.1) is 6.92 Å². The zero-order valence-corrected chi connectivity index (χ0v) is 28.3. The number of allylic oxidation sites excluding steroid dienone is 3. The van der Waals surface area contributed by atoms with Gasteiger partial charge in [-0.1, -0.05) is 121 Å². The lowest BCUT2D eigenvalue weighted by molar-refractivity contribution is 0.456. The van der Waals surface area contributed by atoms with E-state index in [-0.39, 0.29) is 0 Å². The van der Waals surface area contributed by atoms with Gasteiger partial charge < -0.3 is 10.5 Å². The first-order chi connectivity index (χ1) is 24.1. The summed E-state index contributed by atoms with van der Waals surface area (Å²) in [7, 11) is 0. The highest BCUT2D eigenvalue weighted by molar-refractivity contribution is 7.99. The molecule has 0 aromatic heterocycles. The van der Waals surface area contributed by atoms with Gasteiger partial charge in [0.1, 0.15) is 11.5 Å². The second-order valence-electron chi connectivity index (χ2n) is 12.3. The Hall–Kier alpha value is -5.77. The molecule has 0 saturated carbocycles. The van der Waals surface area contributed by atoms with E-state index in [1.54, 1.807) is 18.0 Å². The van der Waals surface area contributed by atoms with Gasteiger partial charge in [-0.05, 0) is 135 Å². The quantitative estimate of drug-likeness (QED) is 0.144. The number of rotatable bonds is 6. The molecule has 1 aliphatic heterocycles. The van der Waals surface area contributed by atoms with Crippen molar-refractivity contribution in [2.45, 2.75) is 23.6 Å². The van der Waals surface area contributed by atoms with Crippen LogP contribution in [0.4, 0.5) is 0 Å². The van der Waals surface area contributed by atoms with Crippen LogP contribution >= 0.6 is 11.8 Å². The van der Waals surface area contributed by atoms with Gasteiger partial charge in [0.15, 0.2) is 0 Å². The van der Waals surface area contributed by atoms with Gasteiger partial charge in [-0.3, -0.25) is 0 Å². The topological polar surface area (TPSA) is 35.2 Å². The predicted octanol–water partition coefficient (Wildman–Crippen LogP) is 13.1. The fraction of sp³-hybridized carbons (Fsp3) is 0.0435. The van der Waals surface area contributed by atoms with Crippen molar-refractivity contribution in [3.63, 3.8) is 0 Å². The molecule has 0 saturated heterocycles. The van der Waals surface area contributed by atoms with E-state index in [9.17, 15) is 0 Å². The van der Waals surface area contributed by atoms with Gasteiger partial charge in [-0.25, -0.2) is 0 Å². The van der Waals surface area contributed by atoms with Crippen molar-refractivity contribution in [2.75, 3.05) is 0 Å². The van der Waals surface area contributed by atoms with Crippen molar-refractivity contribution in [1.29, 1.82) is 0 Å². The fourth-order valence-electron chi connectivity index (χ4n) is 6.77. The molecule has 7 aromatic carbocycles. The lowest BCUT2D eigenvalue weighted by Crippen LogP contribution is -1.98. The van der Waals surface area contributed by atoms with Crippen LogP contribution < -0.4 is 10.5 Å². The van der Waals surface area contributed by atoms with Gasteiger partial charge in [0.2, 0.25) is 0 Å². The van der Waals surface area contributed by atoms with Crippen LogP contribution in [0.3, 0.4) is 0 Å². The van der Waals surface area contributed by atoms with Crippen LogP contribution in [-0.2, 0) is 0 Å². The first-order valence-electron chi connectivity index (χ1n) is 16.6. The molecule has 0 amide bonds. The van der Waals surface area contributed by atoms with E-state index < -0.39 is 0 Å². The molecule has 0 unspecified atom stereocenters. The Morgan fingerprint density at radius 2 is 1.35 bits per heavy atom. The van der Waals surface area contributed by atoms with E-state index in [0.29, 0.717) is 0 Å². The van der Waals surface area contributed by atoms with E-state index in [1.165, 1.54) is 32.7 Å². The van der Waals surface area contributed by atoms with Crippen molar-refractivity contribution in [3.05, 3.63) is 169 Å². The minimum absolute atomic E-state index is 0.887. The smallest absolute Gasteiger partial charge is 0.149 e. The second-order valence-corrected chi connectivity index (χ2v) is 13.4. The highest BCUT2D eigenvalue weighted by Crippen LogP contribution is 2.52. The minimum Gasteiger partial charge on any atom is -0.454 e. The Morgan fingerprint density at radius 3 is 2.22 bits per heavy atom. The molecule has 0 fully saturated rings. The third-order valence-electron chi connectivity index (χ3n) is 9.24. The molecular weight excluding hydrogens is 615 g/mol. The third-order valence-corrected chi connectivity index (χ3v) is 10.3. The van der Waals surface area contributed by atoms with Crippen molar-refractivity contribution < 1.29 is 4.74 Å². The molecule has 49 heavy (non-hydrogen) atoms. The van der Waals surface area contributed by atoms with Crippen molar-refractivity contribution in [1.82, 2.24) is 0 Å². The molecular formula is C46H35NOS. The average Bonchev–Trinajstić information content (AvgIpc) is 3.14. The molecule has 0 atom stereocenters. The zero-order valence-electron chi connectivity index (χ0n) is 27.5. The number of aryl methyl sites for hydroxylation is 1. The fourth-order valence-corrected chi connectivity index (χ4v) is 7.75. The Bertz CT molecular complexity index is 2490. The number of ether oxygens (including phenoxy) is 1. The maximum Gasteiger partial charge on any atom is 0.149 e. The Labute approximate surface area is 291 Å². The SMILES string of the molecule is C/C=C\C=C/c1cc2ccc(-c3ccc(-c4ccc(C)c(/C=C\N)c4)cc3-c3cccc4c3Oc3ccccc3S4)cc2c2ccccc12. The van der Waals surface area contributed by atoms with Crippen LogP contribution in [0.5, 0.6) is 11.5 Å². The second kappa shape index (κ2) is 13.0. The molecule has 2 nitrogen and oxygen atoms in total. The number of fused-ring (bicyclic) bond motifs is 5. The summed E-state index contributed by atoms with van der Waals surface area (Å²) in [6.45, 7) is 4.15. The van der Waals surface area contributed by atoms with Crippen LogP contribution in [0.2, 0.25) is 0 Å². The molecule has 8 rings (SSSR count). The Kier molecular flexibility index (Phi) is 8.12. The molecule has 2 N–H and O–H groups in total. The summed E-state index contributed by atoms with van der Waals surface area (Å²) in [6, 6.07) is 46.0. The van der Waals surface area contributed by atoms with Crippen molar-refractivity contribution in [2.24, 2.45) is 5.73 Å². The summed E-state index contributed by atoms with van der Waals surface area (Å²) in [6.07, 6.45) is 12.0. The van der Waals surface area contributed by atoms with Crippen LogP contribution in [0.1, 0.15) is 23.6 Å². The zero-order chi connectivity index (χ0) is 33.3. The first kappa shape index (κ1) is 30.6. The summed E-state index contributed by atoms with van der Waals surface area (Å²) < 4.78 is 6.69. The third kappa shape index (κ3) is 5.73. The van der Waals surface area contributed by atoms with E-state index in [2.05, 4.69) is 153 Å².